The summed E-state index contributed by atoms with van der Waals surface area (Å²) in [6.45, 7) is 0.750. The zero-order chi connectivity index (χ0) is 15.1. The summed E-state index contributed by atoms with van der Waals surface area (Å²) in [5, 5.41) is 8.70. The summed E-state index contributed by atoms with van der Waals surface area (Å²) in [6.07, 6.45) is 5.17. The summed E-state index contributed by atoms with van der Waals surface area (Å²) in [4.78, 5) is 14.8. The van der Waals surface area contributed by atoms with Crippen LogP contribution in [0.15, 0.2) is 44.8 Å². The lowest BCUT2D eigenvalue weighted by Crippen LogP contribution is -2.29. The van der Waals surface area contributed by atoms with Gasteiger partial charge in [-0.25, -0.2) is 0 Å². The maximum absolute atomic E-state index is 12.2. The van der Waals surface area contributed by atoms with Crippen molar-refractivity contribution in [2.45, 2.75) is 13.0 Å². The van der Waals surface area contributed by atoms with Crippen LogP contribution in [0.3, 0.4) is 0 Å². The van der Waals surface area contributed by atoms with E-state index in [4.69, 9.17) is 9.68 Å². The summed E-state index contributed by atoms with van der Waals surface area (Å²) in [5.74, 6) is 0.569. The van der Waals surface area contributed by atoms with E-state index < -0.39 is 0 Å². The van der Waals surface area contributed by atoms with Crippen molar-refractivity contribution in [2.24, 2.45) is 0 Å². The van der Waals surface area contributed by atoms with Crippen LogP contribution in [0, 0.1) is 11.3 Å². The zero-order valence-electron chi connectivity index (χ0n) is 11.2. The van der Waals surface area contributed by atoms with Crippen LogP contribution >= 0.6 is 27.3 Å². The van der Waals surface area contributed by atoms with E-state index in [2.05, 4.69) is 22.0 Å². The second-order valence-electron chi connectivity index (χ2n) is 4.22. The fraction of sp³-hybridized carbons (Fsp3) is 0.200. The molecule has 0 saturated heterocycles. The molecule has 0 N–H and O–H groups in total. The minimum atomic E-state index is -0.133. The van der Waals surface area contributed by atoms with Crippen molar-refractivity contribution in [3.05, 3.63) is 51.0 Å². The Morgan fingerprint density at radius 2 is 2.33 bits per heavy atom. The number of hydrogen-bond acceptors (Lipinski definition) is 4. The number of rotatable bonds is 6. The van der Waals surface area contributed by atoms with Gasteiger partial charge in [0.1, 0.15) is 5.76 Å². The van der Waals surface area contributed by atoms with Crippen LogP contribution in [0.5, 0.6) is 0 Å². The molecule has 0 fully saturated rings. The van der Waals surface area contributed by atoms with E-state index in [1.807, 2.05) is 18.2 Å². The number of furan rings is 1. The van der Waals surface area contributed by atoms with Gasteiger partial charge >= 0.3 is 0 Å². The summed E-state index contributed by atoms with van der Waals surface area (Å²) in [7, 11) is 0. The van der Waals surface area contributed by atoms with Crippen molar-refractivity contribution < 1.29 is 9.21 Å². The van der Waals surface area contributed by atoms with Gasteiger partial charge in [0.05, 0.1) is 29.1 Å². The number of amides is 1. The fourth-order valence-corrected chi connectivity index (χ4v) is 3.05. The lowest BCUT2D eigenvalue weighted by molar-refractivity contribution is -0.126. The van der Waals surface area contributed by atoms with Crippen LogP contribution in [0.1, 0.15) is 17.1 Å². The Bertz CT molecular complexity index is 656. The Morgan fingerprint density at radius 1 is 1.48 bits per heavy atom. The maximum Gasteiger partial charge on any atom is 0.247 e. The van der Waals surface area contributed by atoms with Crippen LogP contribution in [-0.4, -0.2) is 17.4 Å². The Labute approximate surface area is 135 Å². The minimum Gasteiger partial charge on any atom is -0.467 e. The van der Waals surface area contributed by atoms with Crippen molar-refractivity contribution >= 4 is 39.2 Å². The maximum atomic E-state index is 12.2. The average Bonchev–Trinajstić information content (AvgIpc) is 3.12. The quantitative estimate of drug-likeness (QED) is 0.726. The van der Waals surface area contributed by atoms with Crippen LogP contribution in [0.25, 0.3) is 6.08 Å². The van der Waals surface area contributed by atoms with E-state index >= 15 is 0 Å². The molecule has 0 saturated carbocycles. The minimum absolute atomic E-state index is 0.133. The third-order valence-corrected chi connectivity index (χ3v) is 4.31. The lowest BCUT2D eigenvalue weighted by Gasteiger charge is -2.18. The van der Waals surface area contributed by atoms with Crippen LogP contribution in [-0.2, 0) is 11.3 Å². The van der Waals surface area contributed by atoms with Gasteiger partial charge in [-0.1, -0.05) is 0 Å². The normalized spacial score (nSPS) is 10.7. The molecule has 6 heteroatoms. The number of hydrogen-bond donors (Lipinski definition) is 0. The average molecular weight is 365 g/mol. The number of halogens is 1. The second-order valence-corrected chi connectivity index (χ2v) is 6.72. The Balaban J connectivity index is 2.03. The molecule has 0 aliphatic heterocycles. The highest BCUT2D eigenvalue weighted by molar-refractivity contribution is 9.11. The smallest absolute Gasteiger partial charge is 0.247 e. The fourth-order valence-electron chi connectivity index (χ4n) is 1.72. The SMILES string of the molecule is N#CCCN(Cc1ccco1)C(=O)/C=C/c1ccc(Br)s1. The first kappa shape index (κ1) is 15.5. The molecule has 0 aromatic carbocycles. The van der Waals surface area contributed by atoms with Crippen molar-refractivity contribution in [1.82, 2.24) is 4.90 Å². The highest BCUT2D eigenvalue weighted by Crippen LogP contribution is 2.23. The summed E-state index contributed by atoms with van der Waals surface area (Å²) >= 11 is 4.94. The number of carbonyl (C=O) groups excluding carboxylic acids is 1. The zero-order valence-corrected chi connectivity index (χ0v) is 13.6. The summed E-state index contributed by atoms with van der Waals surface area (Å²) in [6, 6.07) is 9.52. The van der Waals surface area contributed by atoms with Gasteiger partial charge in [-0.2, -0.15) is 5.26 Å². The second kappa shape index (κ2) is 7.81. The van der Waals surface area contributed by atoms with Crippen LogP contribution in [0.2, 0.25) is 0 Å². The molecular formula is C15H13BrN2O2S. The van der Waals surface area contributed by atoms with E-state index in [-0.39, 0.29) is 5.91 Å². The van der Waals surface area contributed by atoms with E-state index in [0.717, 1.165) is 8.66 Å². The Hall–Kier alpha value is -1.84. The summed E-state index contributed by atoms with van der Waals surface area (Å²) < 4.78 is 6.28. The van der Waals surface area contributed by atoms with Crippen molar-refractivity contribution in [3.8, 4) is 6.07 Å². The largest absolute Gasteiger partial charge is 0.467 e. The molecule has 2 rings (SSSR count). The highest BCUT2D eigenvalue weighted by Gasteiger charge is 2.12. The van der Waals surface area contributed by atoms with Gasteiger partial charge in [0.15, 0.2) is 0 Å². The summed E-state index contributed by atoms with van der Waals surface area (Å²) in [5.41, 5.74) is 0. The van der Waals surface area contributed by atoms with E-state index in [1.54, 1.807) is 34.6 Å². The Kier molecular flexibility index (Phi) is 5.78. The van der Waals surface area contributed by atoms with Gasteiger partial charge in [-0.3, -0.25) is 4.79 Å². The molecule has 2 aromatic rings. The molecule has 4 nitrogen and oxygen atoms in total. The predicted molar refractivity (Wildman–Crippen MR) is 85.4 cm³/mol. The number of thiophene rings is 1. The molecule has 0 aliphatic carbocycles. The predicted octanol–water partition coefficient (Wildman–Crippen LogP) is 4.06. The van der Waals surface area contributed by atoms with E-state index in [9.17, 15) is 4.79 Å². The van der Waals surface area contributed by atoms with Crippen molar-refractivity contribution in [1.29, 1.82) is 5.26 Å². The third kappa shape index (κ3) is 4.88. The topological polar surface area (TPSA) is 57.2 Å². The molecule has 0 unspecified atom stereocenters. The molecule has 0 atom stereocenters. The van der Waals surface area contributed by atoms with Gasteiger partial charge < -0.3 is 9.32 Å². The van der Waals surface area contributed by atoms with E-state index in [1.165, 1.54) is 6.08 Å². The Morgan fingerprint density at radius 3 is 2.95 bits per heavy atom. The number of nitrogens with zero attached hydrogens (tertiary/aromatic N) is 2. The number of carbonyl (C=O) groups is 1. The highest BCUT2D eigenvalue weighted by atomic mass is 79.9. The third-order valence-electron chi connectivity index (χ3n) is 2.72. The first-order chi connectivity index (χ1) is 10.2. The van der Waals surface area contributed by atoms with Crippen molar-refractivity contribution in [2.75, 3.05) is 6.54 Å². The molecule has 2 heterocycles. The molecule has 0 spiro atoms. The molecular weight excluding hydrogens is 352 g/mol. The van der Waals surface area contributed by atoms with Gasteiger partial charge in [0.25, 0.3) is 0 Å². The van der Waals surface area contributed by atoms with Gasteiger partial charge in [0.2, 0.25) is 5.91 Å². The van der Waals surface area contributed by atoms with Gasteiger partial charge in [-0.05, 0) is 46.3 Å². The molecule has 2 aromatic heterocycles. The van der Waals surface area contributed by atoms with Crippen LogP contribution < -0.4 is 0 Å². The monoisotopic (exact) mass is 364 g/mol. The lowest BCUT2D eigenvalue weighted by atomic mass is 10.3. The first-order valence-electron chi connectivity index (χ1n) is 6.30. The molecule has 0 radical (unpaired) electrons. The van der Waals surface area contributed by atoms with Gasteiger partial charge in [0, 0.05) is 17.5 Å². The van der Waals surface area contributed by atoms with Gasteiger partial charge in [-0.15, -0.1) is 11.3 Å². The first-order valence-corrected chi connectivity index (χ1v) is 7.91. The standard InChI is InChI=1S/C15H13BrN2O2S/c16-14-6-4-13(21-14)5-7-15(19)18(9-2-8-17)11-12-3-1-10-20-12/h1,3-7,10H,2,9,11H2/b7-5+. The molecule has 1 amide bonds. The molecule has 0 aliphatic rings. The molecule has 108 valence electrons. The number of nitriles is 1. The van der Waals surface area contributed by atoms with E-state index in [0.29, 0.717) is 25.3 Å². The molecule has 0 bridgehead atoms. The van der Waals surface area contributed by atoms with Crippen LogP contribution in [0.4, 0.5) is 0 Å². The molecule has 21 heavy (non-hydrogen) atoms. The van der Waals surface area contributed by atoms with Crippen molar-refractivity contribution in [3.63, 3.8) is 0 Å².